The van der Waals surface area contributed by atoms with Gasteiger partial charge in [-0.2, -0.15) is 0 Å². The van der Waals surface area contributed by atoms with Crippen molar-refractivity contribution in [1.29, 1.82) is 0 Å². The van der Waals surface area contributed by atoms with Crippen molar-refractivity contribution in [2.24, 2.45) is 0 Å². The number of nitrogens with one attached hydrogen (secondary N) is 1. The second-order valence-electron chi connectivity index (χ2n) is 8.66. The van der Waals surface area contributed by atoms with Gasteiger partial charge in [0.25, 0.3) is 0 Å². The Morgan fingerprint density at radius 1 is 0.633 bits per heavy atom. The van der Waals surface area contributed by atoms with E-state index in [4.69, 9.17) is 0 Å². The van der Waals surface area contributed by atoms with E-state index >= 15 is 0 Å². The molecule has 0 radical (unpaired) electrons. The summed E-state index contributed by atoms with van der Waals surface area (Å²) in [5, 5.41) is 6.66. The highest BCUT2D eigenvalue weighted by atomic mass is 15.0. The molecule has 1 heteroatoms. The number of fused-ring (bicyclic) bond motifs is 1. The van der Waals surface area contributed by atoms with Gasteiger partial charge >= 0.3 is 0 Å². The first-order valence-corrected chi connectivity index (χ1v) is 11.1. The number of hydrogen-bond acceptors (Lipinski definition) is 1. The smallest absolute Gasteiger partial charge is 0.0300 e. The maximum atomic E-state index is 3.99. The highest BCUT2D eigenvalue weighted by Gasteiger charge is 2.36. The zero-order valence-corrected chi connectivity index (χ0v) is 17.5. The number of benzene rings is 4. The predicted octanol–water partition coefficient (Wildman–Crippen LogP) is 7.22. The monoisotopic (exact) mass is 391 g/mol. The highest BCUT2D eigenvalue weighted by molar-refractivity contribution is 5.86. The Bertz CT molecular complexity index is 1050. The molecule has 0 spiro atoms. The fourth-order valence-corrected chi connectivity index (χ4v) is 5.38. The summed E-state index contributed by atoms with van der Waals surface area (Å²) < 4.78 is 0. The molecule has 30 heavy (non-hydrogen) atoms. The normalized spacial score (nSPS) is 22.2. The fraction of sp³-hybridized carbons (Fsp3) is 0.241. The van der Waals surface area contributed by atoms with Crippen LogP contribution in [0.2, 0.25) is 0 Å². The lowest BCUT2D eigenvalue weighted by atomic mass is 9.84. The van der Waals surface area contributed by atoms with Crippen LogP contribution in [0.3, 0.4) is 0 Å². The quantitative estimate of drug-likeness (QED) is 0.379. The molecule has 1 aliphatic carbocycles. The van der Waals surface area contributed by atoms with Crippen molar-refractivity contribution < 1.29 is 0 Å². The third-order valence-electron chi connectivity index (χ3n) is 6.79. The summed E-state index contributed by atoms with van der Waals surface area (Å²) in [7, 11) is 0. The van der Waals surface area contributed by atoms with Crippen LogP contribution in [0.5, 0.6) is 0 Å². The summed E-state index contributed by atoms with van der Waals surface area (Å²) in [5.74, 6) is 1.12. The Labute approximate surface area is 179 Å². The van der Waals surface area contributed by atoms with Crippen molar-refractivity contribution in [3.8, 4) is 0 Å². The molecule has 1 saturated carbocycles. The van der Waals surface area contributed by atoms with Crippen molar-refractivity contribution >= 4 is 10.8 Å². The fourth-order valence-electron chi connectivity index (χ4n) is 5.38. The van der Waals surface area contributed by atoms with E-state index in [9.17, 15) is 0 Å². The lowest BCUT2D eigenvalue weighted by Gasteiger charge is -2.21. The van der Waals surface area contributed by atoms with E-state index in [0.717, 1.165) is 0 Å². The van der Waals surface area contributed by atoms with E-state index in [1.54, 1.807) is 0 Å². The molecule has 4 aromatic carbocycles. The van der Waals surface area contributed by atoms with Crippen molar-refractivity contribution in [1.82, 2.24) is 5.32 Å². The zero-order valence-electron chi connectivity index (χ0n) is 17.5. The first kappa shape index (κ1) is 19.1. The third-order valence-corrected chi connectivity index (χ3v) is 6.79. The van der Waals surface area contributed by atoms with E-state index in [-0.39, 0.29) is 0 Å². The van der Waals surface area contributed by atoms with Crippen LogP contribution in [0.15, 0.2) is 103 Å². The van der Waals surface area contributed by atoms with Crippen LogP contribution in [-0.4, -0.2) is 6.04 Å². The molecule has 3 unspecified atom stereocenters. The summed E-state index contributed by atoms with van der Waals surface area (Å²) in [5.41, 5.74) is 4.33. The predicted molar refractivity (Wildman–Crippen MR) is 127 cm³/mol. The molecule has 1 nitrogen and oxygen atoms in total. The van der Waals surface area contributed by atoms with Gasteiger partial charge in [-0.1, -0.05) is 103 Å². The van der Waals surface area contributed by atoms with Gasteiger partial charge in [-0.3, -0.25) is 0 Å². The van der Waals surface area contributed by atoms with Crippen LogP contribution in [0.1, 0.15) is 54.3 Å². The molecule has 0 saturated heterocycles. The van der Waals surface area contributed by atoms with Gasteiger partial charge in [-0.05, 0) is 59.1 Å². The topological polar surface area (TPSA) is 12.0 Å². The Hall–Kier alpha value is -2.90. The minimum atomic E-state index is 0.326. The minimum Gasteiger partial charge on any atom is -0.307 e. The van der Waals surface area contributed by atoms with Crippen molar-refractivity contribution in [2.45, 2.75) is 43.7 Å². The Morgan fingerprint density at radius 2 is 1.17 bits per heavy atom. The molecular formula is C29H29N. The summed E-state index contributed by atoms with van der Waals surface area (Å²) in [6.07, 6.45) is 2.36. The molecule has 0 bridgehead atoms. The Kier molecular flexibility index (Phi) is 5.38. The van der Waals surface area contributed by atoms with Crippen LogP contribution in [0.4, 0.5) is 0 Å². The lowest BCUT2D eigenvalue weighted by Crippen LogP contribution is -2.29. The van der Waals surface area contributed by atoms with Gasteiger partial charge in [0, 0.05) is 12.1 Å². The molecule has 5 rings (SSSR count). The molecule has 1 fully saturated rings. The van der Waals surface area contributed by atoms with E-state index in [1.807, 2.05) is 0 Å². The first-order valence-electron chi connectivity index (χ1n) is 11.1. The lowest BCUT2D eigenvalue weighted by molar-refractivity contribution is 0.457. The second-order valence-corrected chi connectivity index (χ2v) is 8.66. The summed E-state index contributed by atoms with van der Waals surface area (Å²) >= 11 is 0. The molecule has 0 aromatic heterocycles. The van der Waals surface area contributed by atoms with Gasteiger partial charge in [0.15, 0.2) is 0 Å². The third kappa shape index (κ3) is 3.78. The Morgan fingerprint density at radius 3 is 1.80 bits per heavy atom. The standard InChI is InChI=1S/C29H29N/c1-21(26-18-10-16-22-15-8-9-17-27(22)26)30-25-19-28(23-11-4-2-5-12-23)29(20-25)24-13-6-3-7-14-24/h2-18,21,25,28-30H,19-20H2,1H3/t21?,25?,28-,29?/m1/s1. The van der Waals surface area contributed by atoms with Gasteiger partial charge in [0.05, 0.1) is 0 Å². The van der Waals surface area contributed by atoms with Crippen LogP contribution in [0.25, 0.3) is 10.8 Å². The highest BCUT2D eigenvalue weighted by Crippen LogP contribution is 2.46. The van der Waals surface area contributed by atoms with Crippen LogP contribution >= 0.6 is 0 Å². The maximum Gasteiger partial charge on any atom is 0.0300 e. The largest absolute Gasteiger partial charge is 0.307 e. The zero-order chi connectivity index (χ0) is 20.3. The van der Waals surface area contributed by atoms with Gasteiger partial charge in [0.2, 0.25) is 0 Å². The number of rotatable bonds is 5. The molecule has 0 amide bonds. The van der Waals surface area contributed by atoms with E-state index in [1.165, 1.54) is 40.3 Å². The van der Waals surface area contributed by atoms with Gasteiger partial charge in [-0.15, -0.1) is 0 Å². The van der Waals surface area contributed by atoms with Gasteiger partial charge in [-0.25, -0.2) is 0 Å². The first-order chi connectivity index (χ1) is 14.8. The SMILES string of the molecule is CC(NC1CC(c2ccccc2)[C@@H](c2ccccc2)C1)c1cccc2ccccc12. The average molecular weight is 392 g/mol. The van der Waals surface area contributed by atoms with E-state index in [2.05, 4.69) is 115 Å². The molecule has 0 aliphatic heterocycles. The summed E-state index contributed by atoms with van der Waals surface area (Å²) in [6.45, 7) is 2.31. The van der Waals surface area contributed by atoms with Crippen LogP contribution in [0, 0.1) is 0 Å². The van der Waals surface area contributed by atoms with E-state index < -0.39 is 0 Å². The molecule has 4 atom stereocenters. The molecule has 150 valence electrons. The molecule has 1 aliphatic rings. The second kappa shape index (κ2) is 8.45. The molecule has 4 aromatic rings. The maximum absolute atomic E-state index is 3.99. The average Bonchev–Trinajstić information content (AvgIpc) is 3.23. The number of hydrogen-bond donors (Lipinski definition) is 1. The van der Waals surface area contributed by atoms with Crippen molar-refractivity contribution in [3.05, 3.63) is 120 Å². The van der Waals surface area contributed by atoms with Crippen molar-refractivity contribution in [3.63, 3.8) is 0 Å². The van der Waals surface area contributed by atoms with Gasteiger partial charge < -0.3 is 5.32 Å². The van der Waals surface area contributed by atoms with E-state index in [0.29, 0.717) is 23.9 Å². The molecule has 1 N–H and O–H groups in total. The van der Waals surface area contributed by atoms with Crippen molar-refractivity contribution in [2.75, 3.05) is 0 Å². The summed E-state index contributed by atoms with van der Waals surface area (Å²) in [4.78, 5) is 0. The van der Waals surface area contributed by atoms with Gasteiger partial charge in [0.1, 0.15) is 0 Å². The Balaban J connectivity index is 1.41. The molecule has 0 heterocycles. The van der Waals surface area contributed by atoms with Crippen LogP contribution < -0.4 is 5.32 Å². The van der Waals surface area contributed by atoms with Crippen LogP contribution in [-0.2, 0) is 0 Å². The minimum absolute atomic E-state index is 0.326. The molecular weight excluding hydrogens is 362 g/mol. The summed E-state index contributed by atoms with van der Waals surface area (Å²) in [6, 6.07) is 38.4.